The molecule has 2 aromatic carbocycles. The fourth-order valence-corrected chi connectivity index (χ4v) is 3.07. The average molecular weight is 409 g/mol. The maximum atomic E-state index is 12.5. The van der Waals surface area contributed by atoms with E-state index in [4.69, 9.17) is 4.74 Å². The summed E-state index contributed by atoms with van der Waals surface area (Å²) in [7, 11) is 0. The zero-order valence-corrected chi connectivity index (χ0v) is 17.0. The van der Waals surface area contributed by atoms with Crippen LogP contribution in [0.5, 0.6) is 5.75 Å². The highest BCUT2D eigenvalue weighted by Crippen LogP contribution is 2.22. The van der Waals surface area contributed by atoms with Crippen LogP contribution in [-0.4, -0.2) is 41.2 Å². The standard InChI is InChI=1S/C22H23N3O5/c1-13-7-6-10-18(14(13)2)30-15(3)21(28)24-23-19(26)12-25-20(27)11-16-8-4-5-9-17(16)22(25)29/h4-10,15H,11-12H2,1-3H3,(H,23,26)(H,24,28)/t15-/m0/s1. The van der Waals surface area contributed by atoms with Crippen LogP contribution in [-0.2, 0) is 20.8 Å². The Kier molecular flexibility index (Phi) is 6.15. The van der Waals surface area contributed by atoms with Crippen LogP contribution in [0.25, 0.3) is 0 Å². The lowest BCUT2D eigenvalue weighted by Crippen LogP contribution is -2.52. The number of carbonyl (C=O) groups excluding carboxylic acids is 4. The number of carbonyl (C=O) groups is 4. The van der Waals surface area contributed by atoms with Gasteiger partial charge in [-0.25, -0.2) is 0 Å². The van der Waals surface area contributed by atoms with E-state index in [0.717, 1.165) is 16.0 Å². The molecule has 4 amide bonds. The van der Waals surface area contributed by atoms with Crippen molar-refractivity contribution in [1.82, 2.24) is 15.8 Å². The minimum absolute atomic E-state index is 0.0439. The van der Waals surface area contributed by atoms with Crippen LogP contribution in [0, 0.1) is 13.8 Å². The summed E-state index contributed by atoms with van der Waals surface area (Å²) in [5, 5.41) is 0. The third-order valence-electron chi connectivity index (χ3n) is 4.99. The molecule has 1 heterocycles. The van der Waals surface area contributed by atoms with Gasteiger partial charge in [0.15, 0.2) is 6.10 Å². The van der Waals surface area contributed by atoms with Gasteiger partial charge in [-0.05, 0) is 49.6 Å². The van der Waals surface area contributed by atoms with Crippen LogP contribution in [0.3, 0.4) is 0 Å². The van der Waals surface area contributed by atoms with E-state index >= 15 is 0 Å². The number of hydrazine groups is 1. The van der Waals surface area contributed by atoms with Gasteiger partial charge in [0.25, 0.3) is 17.7 Å². The molecule has 2 N–H and O–H groups in total. The molecule has 0 bridgehead atoms. The molecule has 30 heavy (non-hydrogen) atoms. The first-order valence-corrected chi connectivity index (χ1v) is 9.52. The number of nitrogens with one attached hydrogen (secondary N) is 2. The molecule has 156 valence electrons. The molecule has 3 rings (SSSR count). The molecular formula is C22H23N3O5. The monoisotopic (exact) mass is 409 g/mol. The van der Waals surface area contributed by atoms with E-state index in [1.165, 1.54) is 0 Å². The van der Waals surface area contributed by atoms with Crippen LogP contribution in [0.4, 0.5) is 0 Å². The van der Waals surface area contributed by atoms with Crippen LogP contribution in [0.1, 0.15) is 34.0 Å². The lowest BCUT2D eigenvalue weighted by atomic mass is 9.98. The van der Waals surface area contributed by atoms with Gasteiger partial charge < -0.3 is 4.74 Å². The Balaban J connectivity index is 1.54. The van der Waals surface area contributed by atoms with Crippen molar-refractivity contribution in [2.45, 2.75) is 33.3 Å². The first kappa shape index (κ1) is 21.0. The van der Waals surface area contributed by atoms with E-state index < -0.39 is 36.3 Å². The number of fused-ring (bicyclic) bond motifs is 1. The largest absolute Gasteiger partial charge is 0.481 e. The van der Waals surface area contributed by atoms with Crippen molar-refractivity contribution >= 4 is 23.6 Å². The molecular weight excluding hydrogens is 386 g/mol. The predicted octanol–water partition coefficient (Wildman–Crippen LogP) is 1.44. The Labute approximate surface area is 174 Å². The van der Waals surface area contributed by atoms with Gasteiger partial charge in [-0.15, -0.1) is 0 Å². The fraction of sp³-hybridized carbons (Fsp3) is 0.273. The third kappa shape index (κ3) is 4.48. The normalized spacial score (nSPS) is 14.0. The molecule has 2 aromatic rings. The van der Waals surface area contributed by atoms with Crippen molar-refractivity contribution in [1.29, 1.82) is 0 Å². The summed E-state index contributed by atoms with van der Waals surface area (Å²) < 4.78 is 5.66. The van der Waals surface area contributed by atoms with Gasteiger partial charge in [0.2, 0.25) is 5.91 Å². The highest BCUT2D eigenvalue weighted by Gasteiger charge is 2.32. The Hall–Kier alpha value is -3.68. The number of imide groups is 1. The lowest BCUT2D eigenvalue weighted by molar-refractivity contribution is -0.136. The molecule has 0 fully saturated rings. The number of aryl methyl sites for hydroxylation is 1. The van der Waals surface area contributed by atoms with Crippen LogP contribution < -0.4 is 15.6 Å². The van der Waals surface area contributed by atoms with Gasteiger partial charge in [0, 0.05) is 5.56 Å². The number of benzene rings is 2. The first-order chi connectivity index (χ1) is 14.3. The molecule has 0 saturated heterocycles. The van der Waals surface area contributed by atoms with Gasteiger partial charge >= 0.3 is 0 Å². The van der Waals surface area contributed by atoms with Crippen molar-refractivity contribution in [3.05, 3.63) is 64.7 Å². The van der Waals surface area contributed by atoms with Crippen molar-refractivity contribution in [3.63, 3.8) is 0 Å². The quantitative estimate of drug-likeness (QED) is 0.574. The number of nitrogens with zero attached hydrogens (tertiary/aromatic N) is 1. The number of rotatable bonds is 5. The van der Waals surface area contributed by atoms with Gasteiger partial charge in [-0.3, -0.25) is 34.9 Å². The Morgan fingerprint density at radius 1 is 1.07 bits per heavy atom. The smallest absolute Gasteiger partial charge is 0.279 e. The molecule has 8 nitrogen and oxygen atoms in total. The highest BCUT2D eigenvalue weighted by molar-refractivity contribution is 6.11. The van der Waals surface area contributed by atoms with Crippen molar-refractivity contribution < 1.29 is 23.9 Å². The number of hydrogen-bond acceptors (Lipinski definition) is 5. The lowest BCUT2D eigenvalue weighted by Gasteiger charge is -2.26. The number of amides is 4. The third-order valence-corrected chi connectivity index (χ3v) is 4.99. The minimum atomic E-state index is -0.865. The van der Waals surface area contributed by atoms with Gasteiger partial charge in [-0.2, -0.15) is 0 Å². The molecule has 0 spiro atoms. The van der Waals surface area contributed by atoms with E-state index in [1.54, 1.807) is 37.3 Å². The molecule has 0 saturated carbocycles. The maximum Gasteiger partial charge on any atom is 0.279 e. The molecule has 0 aliphatic carbocycles. The Morgan fingerprint density at radius 3 is 2.57 bits per heavy atom. The van der Waals surface area contributed by atoms with Crippen molar-refractivity contribution in [2.75, 3.05) is 6.54 Å². The summed E-state index contributed by atoms with van der Waals surface area (Å²) in [6.07, 6.45) is -0.821. The van der Waals surface area contributed by atoms with E-state index in [-0.39, 0.29) is 6.42 Å². The molecule has 1 aliphatic heterocycles. The van der Waals surface area contributed by atoms with E-state index in [2.05, 4.69) is 10.9 Å². The maximum absolute atomic E-state index is 12.5. The zero-order valence-electron chi connectivity index (χ0n) is 17.0. The molecule has 1 aliphatic rings. The molecule has 8 heteroatoms. The molecule has 0 aromatic heterocycles. The van der Waals surface area contributed by atoms with Crippen LogP contribution >= 0.6 is 0 Å². The summed E-state index contributed by atoms with van der Waals surface area (Å²) in [5.74, 6) is -1.68. The summed E-state index contributed by atoms with van der Waals surface area (Å²) in [5.41, 5.74) is 7.47. The first-order valence-electron chi connectivity index (χ1n) is 9.52. The van der Waals surface area contributed by atoms with E-state index in [1.807, 2.05) is 26.0 Å². The summed E-state index contributed by atoms with van der Waals surface area (Å²) in [6.45, 7) is 4.90. The summed E-state index contributed by atoms with van der Waals surface area (Å²) in [4.78, 5) is 50.0. The zero-order chi connectivity index (χ0) is 21.8. The number of ether oxygens (including phenoxy) is 1. The second-order valence-corrected chi connectivity index (χ2v) is 7.11. The molecule has 0 radical (unpaired) electrons. The fourth-order valence-electron chi connectivity index (χ4n) is 3.07. The van der Waals surface area contributed by atoms with Gasteiger partial charge in [0.05, 0.1) is 6.42 Å². The minimum Gasteiger partial charge on any atom is -0.481 e. The summed E-state index contributed by atoms with van der Waals surface area (Å²) >= 11 is 0. The van der Waals surface area contributed by atoms with Crippen molar-refractivity contribution in [3.8, 4) is 5.75 Å². The second kappa shape index (κ2) is 8.77. The van der Waals surface area contributed by atoms with Gasteiger partial charge in [-0.1, -0.05) is 30.3 Å². The topological polar surface area (TPSA) is 105 Å². The van der Waals surface area contributed by atoms with Crippen molar-refractivity contribution in [2.24, 2.45) is 0 Å². The SMILES string of the molecule is Cc1cccc(O[C@@H](C)C(=O)NNC(=O)CN2C(=O)Cc3ccccc3C2=O)c1C. The average Bonchev–Trinajstić information content (AvgIpc) is 2.72. The van der Waals surface area contributed by atoms with Crippen LogP contribution in [0.2, 0.25) is 0 Å². The van der Waals surface area contributed by atoms with Crippen LogP contribution in [0.15, 0.2) is 42.5 Å². The molecule has 0 unspecified atom stereocenters. The molecule has 1 atom stereocenters. The Bertz CT molecular complexity index is 1020. The predicted molar refractivity (Wildman–Crippen MR) is 108 cm³/mol. The second-order valence-electron chi connectivity index (χ2n) is 7.11. The van der Waals surface area contributed by atoms with E-state index in [0.29, 0.717) is 16.9 Å². The Morgan fingerprint density at radius 2 is 1.80 bits per heavy atom. The summed E-state index contributed by atoms with van der Waals surface area (Å²) in [6, 6.07) is 12.3. The highest BCUT2D eigenvalue weighted by atomic mass is 16.5. The van der Waals surface area contributed by atoms with E-state index in [9.17, 15) is 19.2 Å². The van der Waals surface area contributed by atoms with Gasteiger partial charge in [0.1, 0.15) is 12.3 Å². The number of hydrogen-bond donors (Lipinski definition) is 2.